The molecule has 0 N–H and O–H groups in total. The second-order valence-corrected chi connectivity index (χ2v) is 23.1. The van der Waals surface area contributed by atoms with Crippen LogP contribution in [0.5, 0.6) is 0 Å². The van der Waals surface area contributed by atoms with E-state index in [2.05, 4.69) is 45.1 Å². The van der Waals surface area contributed by atoms with Gasteiger partial charge in [0.2, 0.25) is 0 Å². The summed E-state index contributed by atoms with van der Waals surface area (Å²) >= 11 is 0. The number of carbonyl (C=O) groups is 3. The third-order valence-electron chi connectivity index (χ3n) is 15.4. The molecule has 0 aromatic carbocycles. The molecule has 0 saturated heterocycles. The average Bonchev–Trinajstić information content (AvgIpc) is 3.41. The number of hydrogen-bond acceptors (Lipinski definition) is 6. The molecule has 0 saturated carbocycles. The lowest BCUT2D eigenvalue weighted by molar-refractivity contribution is -0.167. The van der Waals surface area contributed by atoms with Gasteiger partial charge in [-0.25, -0.2) is 0 Å². The van der Waals surface area contributed by atoms with Crippen molar-refractivity contribution in [2.75, 3.05) is 13.2 Å². The highest BCUT2D eigenvalue weighted by Gasteiger charge is 2.19. The topological polar surface area (TPSA) is 78.9 Å². The molecule has 0 radical (unpaired) electrons. The van der Waals surface area contributed by atoms with Gasteiger partial charge in [0.25, 0.3) is 0 Å². The van der Waals surface area contributed by atoms with E-state index in [0.29, 0.717) is 19.3 Å². The Labute approximate surface area is 468 Å². The summed E-state index contributed by atoms with van der Waals surface area (Å²) in [4.78, 5) is 38.4. The largest absolute Gasteiger partial charge is 0.462 e. The fraction of sp³-hybridized carbons (Fsp3) is 0.899. The van der Waals surface area contributed by atoms with Gasteiger partial charge in [0.05, 0.1) is 0 Å². The van der Waals surface area contributed by atoms with Gasteiger partial charge in [-0.1, -0.05) is 315 Å². The summed E-state index contributed by atoms with van der Waals surface area (Å²) in [5.74, 6) is -0.841. The average molecular weight is 1060 g/mol. The summed E-state index contributed by atoms with van der Waals surface area (Å²) in [6.45, 7) is 6.71. The lowest BCUT2D eigenvalue weighted by atomic mass is 10.0. The molecule has 0 fully saturated rings. The number of carbonyl (C=O) groups excluding carboxylic acids is 3. The Balaban J connectivity index is 4.32. The Morgan fingerprint density at radius 2 is 0.440 bits per heavy atom. The van der Waals surface area contributed by atoms with Crippen molar-refractivity contribution in [3.05, 3.63) is 24.3 Å². The molecule has 1 atom stereocenters. The van der Waals surface area contributed by atoms with Gasteiger partial charge in [-0.2, -0.15) is 0 Å². The molecule has 0 amide bonds. The van der Waals surface area contributed by atoms with Gasteiger partial charge < -0.3 is 14.2 Å². The SMILES string of the molecule is CCCCCCCC/C=C\CCCCCCCCCCCC(=O)OC[C@H](COC(=O)CCCCCCCCCCCCCCCCCCCCC)OC(=O)CCCCCCCCCCC/C=C\CCCCCCCC. The molecule has 0 bridgehead atoms. The lowest BCUT2D eigenvalue weighted by Gasteiger charge is -2.18. The zero-order valence-electron chi connectivity index (χ0n) is 50.8. The summed E-state index contributed by atoms with van der Waals surface area (Å²) < 4.78 is 17.0. The van der Waals surface area contributed by atoms with E-state index in [1.165, 1.54) is 283 Å². The van der Waals surface area contributed by atoms with Crippen molar-refractivity contribution in [2.24, 2.45) is 0 Å². The van der Waals surface area contributed by atoms with Gasteiger partial charge in [-0.05, 0) is 70.6 Å². The summed E-state index contributed by atoms with van der Waals surface area (Å²) in [7, 11) is 0. The third kappa shape index (κ3) is 62.6. The zero-order valence-corrected chi connectivity index (χ0v) is 50.8. The summed E-state index contributed by atoms with van der Waals surface area (Å²) in [6.07, 6.45) is 77.6. The smallest absolute Gasteiger partial charge is 0.306 e. The number of hydrogen-bond donors (Lipinski definition) is 0. The Morgan fingerprint density at radius 3 is 0.667 bits per heavy atom. The standard InChI is InChI=1S/C69H130O6/c1-4-7-10-13-16-19-22-25-28-31-34-37-40-43-46-49-52-55-58-61-67(70)73-64-66(75-69(72)63-60-57-54-51-48-45-42-39-36-33-30-27-24-21-18-15-12-9-6-3)65-74-68(71)62-59-56-53-50-47-44-41-38-35-32-29-26-23-20-17-14-11-8-5-2/h25,27-28,30,66H,4-24,26,29,31-65H2,1-3H3/b28-25-,30-27-/t66-/m1/s1. The predicted molar refractivity (Wildman–Crippen MR) is 326 cm³/mol. The number of esters is 3. The maximum absolute atomic E-state index is 12.9. The molecule has 0 heterocycles. The van der Waals surface area contributed by atoms with Crippen LogP contribution in [0.25, 0.3) is 0 Å². The van der Waals surface area contributed by atoms with E-state index in [1.54, 1.807) is 0 Å². The number of unbranched alkanes of at least 4 members (excludes halogenated alkanes) is 48. The Morgan fingerprint density at radius 1 is 0.253 bits per heavy atom. The highest BCUT2D eigenvalue weighted by atomic mass is 16.6. The molecule has 0 aliphatic heterocycles. The molecule has 0 aromatic heterocycles. The van der Waals surface area contributed by atoms with Gasteiger partial charge >= 0.3 is 17.9 Å². The quantitative estimate of drug-likeness (QED) is 0.0261. The molecule has 0 aromatic rings. The second-order valence-electron chi connectivity index (χ2n) is 23.1. The molecular formula is C69H130O6. The zero-order chi connectivity index (χ0) is 54.3. The number of ether oxygens (including phenoxy) is 3. The maximum Gasteiger partial charge on any atom is 0.306 e. The summed E-state index contributed by atoms with van der Waals surface area (Å²) in [5.41, 5.74) is 0. The molecule has 0 spiro atoms. The van der Waals surface area contributed by atoms with Crippen LogP contribution in [0.15, 0.2) is 24.3 Å². The molecule has 0 unspecified atom stereocenters. The first kappa shape index (κ1) is 72.9. The van der Waals surface area contributed by atoms with Gasteiger partial charge in [-0.3, -0.25) is 14.4 Å². The molecule has 75 heavy (non-hydrogen) atoms. The highest BCUT2D eigenvalue weighted by molar-refractivity contribution is 5.71. The van der Waals surface area contributed by atoms with E-state index in [1.807, 2.05) is 0 Å². The van der Waals surface area contributed by atoms with Crippen LogP contribution in [0.2, 0.25) is 0 Å². The van der Waals surface area contributed by atoms with E-state index in [4.69, 9.17) is 14.2 Å². The van der Waals surface area contributed by atoms with Crippen molar-refractivity contribution in [3.8, 4) is 0 Å². The number of allylic oxidation sites excluding steroid dienone is 4. The predicted octanol–water partition coefficient (Wildman–Crippen LogP) is 23.0. The van der Waals surface area contributed by atoms with E-state index in [0.717, 1.165) is 57.8 Å². The second kappa shape index (κ2) is 64.4. The minimum atomic E-state index is -0.771. The van der Waals surface area contributed by atoms with E-state index < -0.39 is 6.10 Å². The summed E-state index contributed by atoms with van der Waals surface area (Å²) in [5, 5.41) is 0. The molecule has 6 nitrogen and oxygen atoms in total. The third-order valence-corrected chi connectivity index (χ3v) is 15.4. The van der Waals surface area contributed by atoms with E-state index >= 15 is 0 Å². The van der Waals surface area contributed by atoms with Gasteiger partial charge in [-0.15, -0.1) is 0 Å². The molecule has 0 aliphatic carbocycles. The van der Waals surface area contributed by atoms with E-state index in [9.17, 15) is 14.4 Å². The van der Waals surface area contributed by atoms with Crippen molar-refractivity contribution in [1.29, 1.82) is 0 Å². The van der Waals surface area contributed by atoms with Crippen LogP contribution < -0.4 is 0 Å². The van der Waals surface area contributed by atoms with Crippen molar-refractivity contribution in [2.45, 2.75) is 386 Å². The van der Waals surface area contributed by atoms with Crippen LogP contribution in [0.4, 0.5) is 0 Å². The molecule has 6 heteroatoms. The maximum atomic E-state index is 12.9. The van der Waals surface area contributed by atoms with Crippen molar-refractivity contribution < 1.29 is 28.6 Å². The first-order valence-corrected chi connectivity index (χ1v) is 33.8. The molecule has 442 valence electrons. The Bertz CT molecular complexity index is 1210. The fourth-order valence-corrected chi connectivity index (χ4v) is 10.3. The van der Waals surface area contributed by atoms with Gasteiger partial charge in [0.15, 0.2) is 6.10 Å². The number of rotatable bonds is 63. The molecular weight excluding hydrogens is 925 g/mol. The van der Waals surface area contributed by atoms with Crippen molar-refractivity contribution >= 4 is 17.9 Å². The minimum Gasteiger partial charge on any atom is -0.462 e. The minimum absolute atomic E-state index is 0.0670. The highest BCUT2D eigenvalue weighted by Crippen LogP contribution is 2.18. The summed E-state index contributed by atoms with van der Waals surface area (Å²) in [6, 6.07) is 0. The lowest BCUT2D eigenvalue weighted by Crippen LogP contribution is -2.30. The molecule has 0 aliphatic rings. The van der Waals surface area contributed by atoms with Gasteiger partial charge in [0.1, 0.15) is 13.2 Å². The van der Waals surface area contributed by atoms with Crippen molar-refractivity contribution in [3.63, 3.8) is 0 Å². The fourth-order valence-electron chi connectivity index (χ4n) is 10.3. The Hall–Kier alpha value is -2.11. The molecule has 0 rings (SSSR count). The first-order chi connectivity index (χ1) is 37.0. The van der Waals surface area contributed by atoms with Crippen LogP contribution in [-0.4, -0.2) is 37.2 Å². The van der Waals surface area contributed by atoms with Crippen LogP contribution >= 0.6 is 0 Å². The Kier molecular flexibility index (Phi) is 62.6. The van der Waals surface area contributed by atoms with Crippen LogP contribution in [-0.2, 0) is 28.6 Å². The van der Waals surface area contributed by atoms with E-state index in [-0.39, 0.29) is 31.1 Å². The monoisotopic (exact) mass is 1050 g/mol. The van der Waals surface area contributed by atoms with Crippen LogP contribution in [0.1, 0.15) is 380 Å². The van der Waals surface area contributed by atoms with Gasteiger partial charge in [0, 0.05) is 19.3 Å². The van der Waals surface area contributed by atoms with Crippen molar-refractivity contribution in [1.82, 2.24) is 0 Å². The van der Waals surface area contributed by atoms with Crippen LogP contribution in [0.3, 0.4) is 0 Å². The normalized spacial score (nSPS) is 12.1. The first-order valence-electron chi connectivity index (χ1n) is 33.8. The van der Waals surface area contributed by atoms with Crippen LogP contribution in [0, 0.1) is 0 Å².